The molecule has 2 aromatic rings. The van der Waals surface area contributed by atoms with Crippen LogP contribution < -0.4 is 10.5 Å². The molecule has 1 unspecified atom stereocenters. The molecule has 0 fully saturated rings. The Balaban J connectivity index is 2.18. The normalized spacial score (nSPS) is 12.4. The van der Waals surface area contributed by atoms with Crippen LogP contribution in [-0.2, 0) is 12.8 Å². The number of furan rings is 1. The highest BCUT2D eigenvalue weighted by atomic mass is 16.5. The monoisotopic (exact) mass is 245 g/mol. The molecule has 1 atom stereocenters. The first kappa shape index (κ1) is 12.7. The summed E-state index contributed by atoms with van der Waals surface area (Å²) in [6.07, 6.45) is 3.31. The molecule has 0 bridgehead atoms. The minimum absolute atomic E-state index is 0.0602. The summed E-state index contributed by atoms with van der Waals surface area (Å²) in [6.45, 7) is 2.07. The molecule has 0 aliphatic heterocycles. The Hall–Kier alpha value is -1.74. The van der Waals surface area contributed by atoms with Crippen LogP contribution >= 0.6 is 0 Å². The number of methoxy groups -OCH3 is 1. The third kappa shape index (κ3) is 2.57. The van der Waals surface area contributed by atoms with Crippen LogP contribution in [-0.4, -0.2) is 7.11 Å². The Morgan fingerprint density at radius 2 is 2.06 bits per heavy atom. The van der Waals surface area contributed by atoms with Crippen LogP contribution in [0.2, 0.25) is 0 Å². The second-order valence-corrected chi connectivity index (χ2v) is 4.28. The Kier molecular flexibility index (Phi) is 4.05. The lowest BCUT2D eigenvalue weighted by atomic mass is 9.99. The number of para-hydroxylation sites is 1. The summed E-state index contributed by atoms with van der Waals surface area (Å²) in [5.41, 5.74) is 8.46. The third-order valence-electron chi connectivity index (χ3n) is 3.13. The molecule has 0 radical (unpaired) electrons. The SMILES string of the molecule is CCc1occc1C(N)Cc1ccccc1OC. The predicted octanol–water partition coefficient (Wildman–Crippen LogP) is 3.09. The largest absolute Gasteiger partial charge is 0.496 e. The molecule has 0 aliphatic rings. The van der Waals surface area contributed by atoms with E-state index in [4.69, 9.17) is 14.9 Å². The van der Waals surface area contributed by atoms with Crippen molar-refractivity contribution in [2.24, 2.45) is 5.73 Å². The van der Waals surface area contributed by atoms with Gasteiger partial charge in [0.15, 0.2) is 0 Å². The van der Waals surface area contributed by atoms with Crippen molar-refractivity contribution in [1.29, 1.82) is 0 Å². The maximum Gasteiger partial charge on any atom is 0.122 e. The van der Waals surface area contributed by atoms with Gasteiger partial charge in [-0.1, -0.05) is 25.1 Å². The molecule has 0 amide bonds. The molecule has 3 heteroatoms. The first-order valence-corrected chi connectivity index (χ1v) is 6.20. The molecule has 1 aromatic carbocycles. The molecule has 1 heterocycles. The molecule has 3 nitrogen and oxygen atoms in total. The Bertz CT molecular complexity index is 505. The van der Waals surface area contributed by atoms with Crippen molar-refractivity contribution in [1.82, 2.24) is 0 Å². The topological polar surface area (TPSA) is 48.4 Å². The van der Waals surface area contributed by atoms with E-state index in [1.54, 1.807) is 13.4 Å². The van der Waals surface area contributed by atoms with E-state index >= 15 is 0 Å². The molecule has 1 aromatic heterocycles. The van der Waals surface area contributed by atoms with Crippen molar-refractivity contribution >= 4 is 0 Å². The lowest BCUT2D eigenvalue weighted by Gasteiger charge is -2.14. The van der Waals surface area contributed by atoms with Crippen molar-refractivity contribution in [2.45, 2.75) is 25.8 Å². The van der Waals surface area contributed by atoms with E-state index in [-0.39, 0.29) is 6.04 Å². The first-order valence-electron chi connectivity index (χ1n) is 6.20. The van der Waals surface area contributed by atoms with E-state index in [2.05, 4.69) is 6.92 Å². The molecule has 0 saturated heterocycles. The third-order valence-corrected chi connectivity index (χ3v) is 3.13. The van der Waals surface area contributed by atoms with Crippen molar-refractivity contribution in [3.8, 4) is 5.75 Å². The van der Waals surface area contributed by atoms with Gasteiger partial charge in [0.05, 0.1) is 13.4 Å². The molecular weight excluding hydrogens is 226 g/mol. The number of benzene rings is 1. The van der Waals surface area contributed by atoms with E-state index < -0.39 is 0 Å². The molecule has 2 rings (SSSR count). The quantitative estimate of drug-likeness (QED) is 0.880. The molecule has 2 N–H and O–H groups in total. The van der Waals surface area contributed by atoms with Gasteiger partial charge in [-0.2, -0.15) is 0 Å². The van der Waals surface area contributed by atoms with E-state index in [1.807, 2.05) is 30.3 Å². The van der Waals surface area contributed by atoms with E-state index in [9.17, 15) is 0 Å². The minimum Gasteiger partial charge on any atom is -0.496 e. The predicted molar refractivity (Wildman–Crippen MR) is 71.7 cm³/mol. The fourth-order valence-electron chi connectivity index (χ4n) is 2.19. The van der Waals surface area contributed by atoms with Crippen LogP contribution in [0.1, 0.15) is 29.9 Å². The molecular formula is C15H19NO2. The zero-order chi connectivity index (χ0) is 13.0. The Morgan fingerprint density at radius 1 is 1.28 bits per heavy atom. The highest BCUT2D eigenvalue weighted by Crippen LogP contribution is 2.26. The fraction of sp³-hybridized carbons (Fsp3) is 0.333. The Morgan fingerprint density at radius 3 is 2.78 bits per heavy atom. The number of nitrogens with two attached hydrogens (primary N) is 1. The van der Waals surface area contributed by atoms with Gasteiger partial charge in [-0.15, -0.1) is 0 Å². The van der Waals surface area contributed by atoms with Gasteiger partial charge in [0.25, 0.3) is 0 Å². The number of rotatable bonds is 5. The number of hydrogen-bond donors (Lipinski definition) is 1. The highest BCUT2D eigenvalue weighted by Gasteiger charge is 2.15. The zero-order valence-electron chi connectivity index (χ0n) is 10.8. The van der Waals surface area contributed by atoms with Crippen LogP contribution in [0.4, 0.5) is 0 Å². The van der Waals surface area contributed by atoms with Gasteiger partial charge in [0.2, 0.25) is 0 Å². The van der Waals surface area contributed by atoms with Crippen LogP contribution in [0.25, 0.3) is 0 Å². The summed E-state index contributed by atoms with van der Waals surface area (Å²) in [5, 5.41) is 0. The average molecular weight is 245 g/mol. The fourth-order valence-corrected chi connectivity index (χ4v) is 2.19. The smallest absolute Gasteiger partial charge is 0.122 e. The lowest BCUT2D eigenvalue weighted by Crippen LogP contribution is -2.14. The first-order chi connectivity index (χ1) is 8.76. The van der Waals surface area contributed by atoms with Crippen molar-refractivity contribution < 1.29 is 9.15 Å². The molecule has 0 spiro atoms. The van der Waals surface area contributed by atoms with Gasteiger partial charge in [-0.05, 0) is 24.1 Å². The van der Waals surface area contributed by atoms with Gasteiger partial charge in [0.1, 0.15) is 11.5 Å². The van der Waals surface area contributed by atoms with Crippen LogP contribution in [0.5, 0.6) is 5.75 Å². The van der Waals surface area contributed by atoms with E-state index in [0.717, 1.165) is 35.5 Å². The second kappa shape index (κ2) is 5.74. The van der Waals surface area contributed by atoms with Gasteiger partial charge < -0.3 is 14.9 Å². The maximum atomic E-state index is 6.26. The van der Waals surface area contributed by atoms with E-state index in [0.29, 0.717) is 0 Å². The van der Waals surface area contributed by atoms with Crippen LogP contribution in [0, 0.1) is 0 Å². The van der Waals surface area contributed by atoms with Crippen LogP contribution in [0.3, 0.4) is 0 Å². The minimum atomic E-state index is -0.0602. The average Bonchev–Trinajstić information content (AvgIpc) is 2.87. The highest BCUT2D eigenvalue weighted by molar-refractivity contribution is 5.35. The van der Waals surface area contributed by atoms with Crippen molar-refractivity contribution in [3.63, 3.8) is 0 Å². The van der Waals surface area contributed by atoms with Gasteiger partial charge >= 0.3 is 0 Å². The van der Waals surface area contributed by atoms with Crippen molar-refractivity contribution in [3.05, 3.63) is 53.5 Å². The summed E-state index contributed by atoms with van der Waals surface area (Å²) in [7, 11) is 1.68. The van der Waals surface area contributed by atoms with Gasteiger partial charge in [-0.25, -0.2) is 0 Å². The van der Waals surface area contributed by atoms with Crippen LogP contribution in [0.15, 0.2) is 41.0 Å². The number of hydrogen-bond acceptors (Lipinski definition) is 3. The van der Waals surface area contributed by atoms with Gasteiger partial charge in [0, 0.05) is 18.0 Å². The molecule has 0 saturated carbocycles. The molecule has 18 heavy (non-hydrogen) atoms. The second-order valence-electron chi connectivity index (χ2n) is 4.28. The molecule has 0 aliphatic carbocycles. The summed E-state index contributed by atoms with van der Waals surface area (Å²) in [5.74, 6) is 1.85. The standard InChI is InChI=1S/C15H19NO2/c1-3-14-12(8-9-18-14)13(16)10-11-6-4-5-7-15(11)17-2/h4-9,13H,3,10,16H2,1-2H3. The lowest BCUT2D eigenvalue weighted by molar-refractivity contribution is 0.408. The van der Waals surface area contributed by atoms with E-state index in [1.165, 1.54) is 0 Å². The maximum absolute atomic E-state index is 6.26. The number of ether oxygens (including phenoxy) is 1. The van der Waals surface area contributed by atoms with Crippen molar-refractivity contribution in [2.75, 3.05) is 7.11 Å². The summed E-state index contributed by atoms with van der Waals surface area (Å²) >= 11 is 0. The summed E-state index contributed by atoms with van der Waals surface area (Å²) in [4.78, 5) is 0. The number of aryl methyl sites for hydroxylation is 1. The summed E-state index contributed by atoms with van der Waals surface area (Å²) < 4.78 is 10.8. The zero-order valence-corrected chi connectivity index (χ0v) is 10.8. The van der Waals surface area contributed by atoms with Gasteiger partial charge in [-0.3, -0.25) is 0 Å². The molecule has 96 valence electrons. The summed E-state index contributed by atoms with van der Waals surface area (Å²) in [6, 6.07) is 9.86. The Labute approximate surface area is 108 Å².